The van der Waals surface area contributed by atoms with Gasteiger partial charge in [-0.2, -0.15) is 0 Å². The largest absolute Gasteiger partial charge is 0.338 e. The van der Waals surface area contributed by atoms with E-state index in [0.29, 0.717) is 24.4 Å². The van der Waals surface area contributed by atoms with Crippen molar-refractivity contribution in [2.75, 3.05) is 13.1 Å². The van der Waals surface area contributed by atoms with Gasteiger partial charge in [-0.15, -0.1) is 0 Å². The number of amides is 1. The average molecular weight is 266 g/mol. The van der Waals surface area contributed by atoms with Gasteiger partial charge >= 0.3 is 0 Å². The molecular formula is C16H30N2O. The fourth-order valence-electron chi connectivity index (χ4n) is 3.80. The van der Waals surface area contributed by atoms with Crippen LogP contribution in [0.4, 0.5) is 0 Å². The minimum Gasteiger partial charge on any atom is -0.338 e. The lowest BCUT2D eigenvalue weighted by Crippen LogP contribution is -2.44. The van der Waals surface area contributed by atoms with Crippen LogP contribution in [0.3, 0.4) is 0 Å². The van der Waals surface area contributed by atoms with Gasteiger partial charge in [-0.25, -0.2) is 0 Å². The Morgan fingerprint density at radius 3 is 2.11 bits per heavy atom. The van der Waals surface area contributed by atoms with E-state index in [-0.39, 0.29) is 0 Å². The molecule has 2 rings (SSSR count). The smallest absolute Gasteiger partial charge is 0.223 e. The maximum Gasteiger partial charge on any atom is 0.223 e. The lowest BCUT2D eigenvalue weighted by Gasteiger charge is -2.35. The summed E-state index contributed by atoms with van der Waals surface area (Å²) < 4.78 is 0. The topological polar surface area (TPSA) is 46.3 Å². The molecule has 0 aromatic carbocycles. The second kappa shape index (κ2) is 7.88. The molecule has 19 heavy (non-hydrogen) atoms. The zero-order valence-electron chi connectivity index (χ0n) is 12.3. The number of carbonyl (C=O) groups is 1. The van der Waals surface area contributed by atoms with Crippen molar-refractivity contribution in [1.29, 1.82) is 0 Å². The molecule has 0 unspecified atom stereocenters. The van der Waals surface area contributed by atoms with Gasteiger partial charge in [-0.3, -0.25) is 4.79 Å². The molecule has 0 saturated heterocycles. The Morgan fingerprint density at radius 2 is 1.53 bits per heavy atom. The van der Waals surface area contributed by atoms with E-state index in [0.717, 1.165) is 13.0 Å². The maximum atomic E-state index is 12.6. The van der Waals surface area contributed by atoms with Gasteiger partial charge in [0.2, 0.25) is 5.91 Å². The van der Waals surface area contributed by atoms with Crippen LogP contribution in [0.2, 0.25) is 0 Å². The number of rotatable bonds is 5. The number of nitrogens with zero attached hydrogens (tertiary/aromatic N) is 1. The molecular weight excluding hydrogens is 236 g/mol. The van der Waals surface area contributed by atoms with Crippen molar-refractivity contribution in [2.45, 2.75) is 76.7 Å². The van der Waals surface area contributed by atoms with E-state index in [9.17, 15) is 4.79 Å². The Morgan fingerprint density at radius 1 is 0.947 bits per heavy atom. The van der Waals surface area contributed by atoms with Gasteiger partial charge < -0.3 is 10.6 Å². The Balaban J connectivity index is 1.87. The first-order valence-corrected chi connectivity index (χ1v) is 8.31. The van der Waals surface area contributed by atoms with Crippen LogP contribution < -0.4 is 5.73 Å². The molecule has 2 fully saturated rings. The molecule has 3 nitrogen and oxygen atoms in total. The molecule has 2 N–H and O–H groups in total. The normalized spacial score (nSPS) is 22.4. The first-order valence-electron chi connectivity index (χ1n) is 8.31. The highest BCUT2D eigenvalue weighted by Gasteiger charge is 2.27. The van der Waals surface area contributed by atoms with E-state index < -0.39 is 0 Å². The molecule has 0 radical (unpaired) electrons. The lowest BCUT2D eigenvalue weighted by molar-refractivity contribution is -0.135. The molecule has 0 aromatic rings. The predicted molar refractivity (Wildman–Crippen MR) is 78.8 cm³/mol. The van der Waals surface area contributed by atoms with Crippen LogP contribution in [0, 0.1) is 5.92 Å². The second-order valence-corrected chi connectivity index (χ2v) is 6.38. The Kier molecular flexibility index (Phi) is 6.15. The van der Waals surface area contributed by atoms with Crippen LogP contribution >= 0.6 is 0 Å². The van der Waals surface area contributed by atoms with Crippen molar-refractivity contribution in [1.82, 2.24) is 4.90 Å². The van der Waals surface area contributed by atoms with Crippen molar-refractivity contribution in [2.24, 2.45) is 11.7 Å². The van der Waals surface area contributed by atoms with E-state index in [1.54, 1.807) is 0 Å². The quantitative estimate of drug-likeness (QED) is 0.831. The van der Waals surface area contributed by atoms with Gasteiger partial charge in [-0.1, -0.05) is 38.5 Å². The fraction of sp³-hybridized carbons (Fsp3) is 0.938. The van der Waals surface area contributed by atoms with Gasteiger partial charge in [0.15, 0.2) is 0 Å². The minimum absolute atomic E-state index is 0.379. The first kappa shape index (κ1) is 14.8. The van der Waals surface area contributed by atoms with Gasteiger partial charge in [-0.05, 0) is 31.6 Å². The third-order valence-electron chi connectivity index (χ3n) is 4.89. The van der Waals surface area contributed by atoms with E-state index in [4.69, 9.17) is 5.73 Å². The molecule has 0 aromatic heterocycles. The first-order chi connectivity index (χ1) is 9.31. The van der Waals surface area contributed by atoms with E-state index >= 15 is 0 Å². The Hall–Kier alpha value is -0.570. The Bertz CT molecular complexity index is 268. The highest BCUT2D eigenvalue weighted by atomic mass is 16.2. The van der Waals surface area contributed by atoms with E-state index in [2.05, 4.69) is 4.90 Å². The fourth-order valence-corrected chi connectivity index (χ4v) is 3.80. The summed E-state index contributed by atoms with van der Waals surface area (Å²) in [6.45, 7) is 1.36. The summed E-state index contributed by atoms with van der Waals surface area (Å²) in [6, 6.07) is 0.480. The van der Waals surface area contributed by atoms with Gasteiger partial charge in [0.05, 0.1) is 0 Å². The second-order valence-electron chi connectivity index (χ2n) is 6.38. The zero-order chi connectivity index (χ0) is 13.5. The maximum absolute atomic E-state index is 12.6. The molecule has 0 heterocycles. The van der Waals surface area contributed by atoms with Crippen molar-refractivity contribution in [3.63, 3.8) is 0 Å². The number of hydrogen-bond donors (Lipinski definition) is 1. The SMILES string of the molecule is NCCN(C(=O)CC1CCCCC1)C1CCCCC1. The number of carbonyl (C=O) groups excluding carboxylic acids is 1. The van der Waals surface area contributed by atoms with Gasteiger partial charge in [0.1, 0.15) is 0 Å². The summed E-state index contributed by atoms with van der Waals surface area (Å²) >= 11 is 0. The summed E-state index contributed by atoms with van der Waals surface area (Å²) in [5.41, 5.74) is 5.71. The molecule has 1 amide bonds. The van der Waals surface area contributed by atoms with Crippen molar-refractivity contribution in [3.8, 4) is 0 Å². The van der Waals surface area contributed by atoms with Crippen molar-refractivity contribution >= 4 is 5.91 Å². The third kappa shape index (κ3) is 4.48. The molecule has 2 aliphatic carbocycles. The summed E-state index contributed by atoms with van der Waals surface area (Å²) in [7, 11) is 0. The third-order valence-corrected chi connectivity index (χ3v) is 4.89. The highest BCUT2D eigenvalue weighted by Crippen LogP contribution is 2.28. The molecule has 0 aliphatic heterocycles. The van der Waals surface area contributed by atoms with Crippen LogP contribution in [0.25, 0.3) is 0 Å². The lowest BCUT2D eigenvalue weighted by atomic mass is 9.86. The minimum atomic E-state index is 0.379. The van der Waals surface area contributed by atoms with Crippen LogP contribution in [0.1, 0.15) is 70.6 Å². The summed E-state index contributed by atoms with van der Waals surface area (Å²) in [5, 5.41) is 0. The molecule has 2 saturated carbocycles. The molecule has 2 aliphatic rings. The standard InChI is InChI=1S/C16H30N2O/c17-11-12-18(15-9-5-2-6-10-15)16(19)13-14-7-3-1-4-8-14/h14-15H,1-13,17H2. The van der Waals surface area contributed by atoms with Crippen molar-refractivity contribution in [3.05, 3.63) is 0 Å². The van der Waals surface area contributed by atoms with Crippen LogP contribution in [-0.2, 0) is 4.79 Å². The Labute approximate surface area is 117 Å². The molecule has 0 spiro atoms. The number of hydrogen-bond acceptors (Lipinski definition) is 2. The van der Waals surface area contributed by atoms with Crippen molar-refractivity contribution < 1.29 is 4.79 Å². The highest BCUT2D eigenvalue weighted by molar-refractivity contribution is 5.76. The van der Waals surface area contributed by atoms with Crippen LogP contribution in [0.15, 0.2) is 0 Å². The summed E-state index contributed by atoms with van der Waals surface area (Å²) in [5.74, 6) is 1.02. The zero-order valence-corrected chi connectivity index (χ0v) is 12.3. The van der Waals surface area contributed by atoms with Gasteiger partial charge in [0, 0.05) is 25.6 Å². The molecule has 3 heteroatoms. The van der Waals surface area contributed by atoms with Gasteiger partial charge in [0.25, 0.3) is 0 Å². The average Bonchev–Trinajstić information content (AvgIpc) is 2.46. The van der Waals surface area contributed by atoms with E-state index in [1.165, 1.54) is 64.2 Å². The monoisotopic (exact) mass is 266 g/mol. The summed E-state index contributed by atoms with van der Waals surface area (Å²) in [6.07, 6.45) is 13.6. The van der Waals surface area contributed by atoms with E-state index in [1.807, 2.05) is 0 Å². The molecule has 0 atom stereocenters. The number of nitrogens with two attached hydrogens (primary N) is 1. The predicted octanol–water partition coefficient (Wildman–Crippen LogP) is 3.08. The van der Waals surface area contributed by atoms with Crippen LogP contribution in [0.5, 0.6) is 0 Å². The van der Waals surface area contributed by atoms with Crippen LogP contribution in [-0.4, -0.2) is 29.9 Å². The summed E-state index contributed by atoms with van der Waals surface area (Å²) in [4.78, 5) is 14.7. The molecule has 110 valence electrons. The molecule has 0 bridgehead atoms.